The van der Waals surface area contributed by atoms with Crippen LogP contribution in [0.3, 0.4) is 0 Å². The SMILES string of the molecule is Cl.NCC1CCC(C(=O)N(C(=O)[C@@H](N)Cc2ccc(-c3ccncc3Cl)cc2)c2ccc(-c3nn[nH]n3)cc2)CC1. The van der Waals surface area contributed by atoms with Crippen LogP contribution < -0.4 is 16.4 Å². The zero-order valence-corrected chi connectivity index (χ0v) is 23.9. The van der Waals surface area contributed by atoms with Crippen molar-refractivity contribution in [2.75, 3.05) is 11.4 Å². The molecule has 0 unspecified atom stereocenters. The molecule has 1 aliphatic rings. The van der Waals surface area contributed by atoms with Crippen molar-refractivity contribution >= 4 is 41.5 Å². The molecule has 0 saturated heterocycles. The number of carbonyl (C=O) groups excluding carboxylic acids is 2. The summed E-state index contributed by atoms with van der Waals surface area (Å²) in [5.41, 5.74) is 16.1. The highest BCUT2D eigenvalue weighted by Crippen LogP contribution is 2.32. The summed E-state index contributed by atoms with van der Waals surface area (Å²) >= 11 is 6.28. The van der Waals surface area contributed by atoms with Crippen molar-refractivity contribution in [3.05, 3.63) is 77.6 Å². The number of rotatable bonds is 8. The number of benzene rings is 2. The van der Waals surface area contributed by atoms with Gasteiger partial charge in [0.15, 0.2) is 0 Å². The number of amides is 2. The van der Waals surface area contributed by atoms with Gasteiger partial charge in [0.1, 0.15) is 0 Å². The minimum absolute atomic E-state index is 0. The maximum Gasteiger partial charge on any atom is 0.251 e. The van der Waals surface area contributed by atoms with Crippen LogP contribution in [0.5, 0.6) is 0 Å². The minimum Gasteiger partial charge on any atom is -0.330 e. The molecule has 1 aliphatic carbocycles. The quantitative estimate of drug-likeness (QED) is 0.274. The summed E-state index contributed by atoms with van der Waals surface area (Å²) in [4.78, 5) is 32.9. The zero-order valence-electron chi connectivity index (χ0n) is 22.3. The highest BCUT2D eigenvalue weighted by Gasteiger charge is 2.35. The monoisotopic (exact) mass is 594 g/mol. The van der Waals surface area contributed by atoms with Crippen molar-refractivity contribution in [1.82, 2.24) is 25.6 Å². The number of carbonyl (C=O) groups is 2. The molecule has 1 fully saturated rings. The molecule has 2 aromatic carbocycles. The van der Waals surface area contributed by atoms with Crippen LogP contribution in [0.2, 0.25) is 5.02 Å². The minimum atomic E-state index is -0.920. The summed E-state index contributed by atoms with van der Waals surface area (Å²) in [5, 5.41) is 14.5. The second-order valence-corrected chi connectivity index (χ2v) is 10.5. The Hall–Kier alpha value is -3.70. The largest absolute Gasteiger partial charge is 0.330 e. The Labute approximate surface area is 249 Å². The van der Waals surface area contributed by atoms with E-state index in [0.29, 0.717) is 47.4 Å². The number of aromatic nitrogens is 5. The van der Waals surface area contributed by atoms with Crippen LogP contribution in [-0.2, 0) is 16.0 Å². The molecule has 0 bridgehead atoms. The number of aromatic amines is 1. The number of H-pyrrole nitrogens is 1. The Kier molecular flexibility index (Phi) is 10.2. The third-order valence-corrected chi connectivity index (χ3v) is 7.81. The molecule has 5 rings (SSSR count). The maximum atomic E-state index is 13.8. The van der Waals surface area contributed by atoms with Gasteiger partial charge < -0.3 is 11.5 Å². The molecule has 2 amide bonds. The Morgan fingerprint density at radius 1 is 1.00 bits per heavy atom. The smallest absolute Gasteiger partial charge is 0.251 e. The van der Waals surface area contributed by atoms with Gasteiger partial charge in [-0.1, -0.05) is 35.9 Å². The molecule has 2 heterocycles. The van der Waals surface area contributed by atoms with Gasteiger partial charge in [0.25, 0.3) is 5.91 Å². The molecule has 2 aromatic heterocycles. The summed E-state index contributed by atoms with van der Waals surface area (Å²) in [7, 11) is 0. The fourth-order valence-electron chi connectivity index (χ4n) is 5.17. The fraction of sp³-hybridized carbons (Fsp3) is 0.310. The van der Waals surface area contributed by atoms with Crippen molar-refractivity contribution in [2.45, 2.75) is 38.1 Å². The summed E-state index contributed by atoms with van der Waals surface area (Å²) in [5.74, 6) is -0.107. The lowest BCUT2D eigenvalue weighted by atomic mass is 9.81. The first-order valence-corrected chi connectivity index (χ1v) is 13.7. The van der Waals surface area contributed by atoms with E-state index in [1.807, 2.05) is 30.3 Å². The number of tetrazole rings is 1. The van der Waals surface area contributed by atoms with E-state index >= 15 is 0 Å². The van der Waals surface area contributed by atoms with Crippen LogP contribution in [0.15, 0.2) is 67.0 Å². The van der Waals surface area contributed by atoms with E-state index < -0.39 is 11.9 Å². The number of imide groups is 1. The van der Waals surface area contributed by atoms with Crippen LogP contribution in [0.1, 0.15) is 31.2 Å². The average molecular weight is 596 g/mol. The van der Waals surface area contributed by atoms with Gasteiger partial charge in [-0.05, 0) is 91.2 Å². The first kappa shape index (κ1) is 30.3. The molecule has 1 saturated carbocycles. The number of nitrogens with zero attached hydrogens (tertiary/aromatic N) is 5. The van der Waals surface area contributed by atoms with Gasteiger partial charge in [-0.15, -0.1) is 22.6 Å². The number of nitrogens with one attached hydrogen (secondary N) is 1. The van der Waals surface area contributed by atoms with E-state index in [9.17, 15) is 9.59 Å². The predicted molar refractivity (Wildman–Crippen MR) is 160 cm³/mol. The highest BCUT2D eigenvalue weighted by molar-refractivity contribution is 6.33. The second-order valence-electron chi connectivity index (χ2n) is 10.1. The molecule has 12 heteroatoms. The number of nitrogens with two attached hydrogens (primary N) is 2. The molecular formula is C29H32Cl2N8O2. The standard InChI is InChI=1S/C29H31ClN8O2.ClH/c30-25-17-33-14-13-24(25)20-5-1-18(2-6-20)15-26(32)29(40)38(28(39)22-7-3-19(16-31)4-8-22)23-11-9-21(10-12-23)27-34-36-37-35-27;/h1-2,5-6,9-14,17,19,22,26H,3-4,7-8,15-16,31-32H2,(H,34,35,36,37);1H/t19?,22?,26-;/m0./s1. The van der Waals surface area contributed by atoms with E-state index in [-0.39, 0.29) is 30.7 Å². The van der Waals surface area contributed by atoms with E-state index in [2.05, 4.69) is 25.6 Å². The lowest BCUT2D eigenvalue weighted by Crippen LogP contribution is -2.50. The van der Waals surface area contributed by atoms with Gasteiger partial charge >= 0.3 is 0 Å². The molecule has 0 radical (unpaired) electrons. The molecule has 10 nitrogen and oxygen atoms in total. The van der Waals surface area contributed by atoms with Gasteiger partial charge in [-0.25, -0.2) is 4.90 Å². The number of hydrogen-bond acceptors (Lipinski definition) is 8. The summed E-state index contributed by atoms with van der Waals surface area (Å²) in [6, 6.07) is 15.6. The van der Waals surface area contributed by atoms with E-state index in [1.165, 1.54) is 4.90 Å². The van der Waals surface area contributed by atoms with E-state index in [0.717, 1.165) is 29.5 Å². The topological polar surface area (TPSA) is 157 Å². The Bertz CT molecular complexity index is 1440. The first-order chi connectivity index (χ1) is 19.4. The van der Waals surface area contributed by atoms with E-state index in [4.69, 9.17) is 23.1 Å². The number of halogens is 2. The van der Waals surface area contributed by atoms with Crippen LogP contribution in [0.25, 0.3) is 22.5 Å². The Balaban J connectivity index is 0.00000387. The van der Waals surface area contributed by atoms with Crippen molar-refractivity contribution in [2.24, 2.45) is 23.3 Å². The van der Waals surface area contributed by atoms with Gasteiger partial charge in [0, 0.05) is 29.4 Å². The van der Waals surface area contributed by atoms with Crippen molar-refractivity contribution in [1.29, 1.82) is 0 Å². The third kappa shape index (κ3) is 6.97. The van der Waals surface area contributed by atoms with Gasteiger partial charge in [-0.2, -0.15) is 5.21 Å². The molecule has 4 aromatic rings. The van der Waals surface area contributed by atoms with Gasteiger partial charge in [0.05, 0.1) is 16.8 Å². The first-order valence-electron chi connectivity index (χ1n) is 13.3. The van der Waals surface area contributed by atoms with Gasteiger partial charge in [0.2, 0.25) is 11.7 Å². The molecular weight excluding hydrogens is 563 g/mol. The lowest BCUT2D eigenvalue weighted by molar-refractivity contribution is -0.130. The van der Waals surface area contributed by atoms with Crippen LogP contribution in [0.4, 0.5) is 5.69 Å². The highest BCUT2D eigenvalue weighted by atomic mass is 35.5. The average Bonchev–Trinajstić information content (AvgIpc) is 3.53. The van der Waals surface area contributed by atoms with Gasteiger partial charge in [-0.3, -0.25) is 14.6 Å². The summed E-state index contributed by atoms with van der Waals surface area (Å²) in [6.07, 6.45) is 6.68. The number of pyridine rings is 1. The maximum absolute atomic E-state index is 13.8. The molecule has 0 aliphatic heterocycles. The molecule has 1 atom stereocenters. The molecule has 41 heavy (non-hydrogen) atoms. The third-order valence-electron chi connectivity index (χ3n) is 7.51. The molecule has 5 N–H and O–H groups in total. The molecule has 0 spiro atoms. The summed E-state index contributed by atoms with van der Waals surface area (Å²) < 4.78 is 0. The predicted octanol–water partition coefficient (Wildman–Crippen LogP) is 4.20. The van der Waals surface area contributed by atoms with Crippen LogP contribution >= 0.6 is 24.0 Å². The second kappa shape index (κ2) is 13.8. The Morgan fingerprint density at radius 2 is 1.68 bits per heavy atom. The fourth-order valence-corrected chi connectivity index (χ4v) is 5.40. The van der Waals surface area contributed by atoms with Crippen LogP contribution in [-0.4, -0.2) is 50.0 Å². The zero-order chi connectivity index (χ0) is 28.1. The van der Waals surface area contributed by atoms with E-state index in [1.54, 1.807) is 36.7 Å². The molecule has 214 valence electrons. The van der Waals surface area contributed by atoms with Crippen LogP contribution in [0, 0.1) is 11.8 Å². The Morgan fingerprint density at radius 3 is 2.29 bits per heavy atom. The lowest BCUT2D eigenvalue weighted by Gasteiger charge is -2.32. The number of anilines is 1. The number of hydrogen-bond donors (Lipinski definition) is 3. The van der Waals surface area contributed by atoms with Crippen molar-refractivity contribution in [3.8, 4) is 22.5 Å². The normalized spacial score (nSPS) is 17.3. The van der Waals surface area contributed by atoms with Crippen molar-refractivity contribution < 1.29 is 9.59 Å². The summed E-state index contributed by atoms with van der Waals surface area (Å²) in [6.45, 7) is 0.609. The van der Waals surface area contributed by atoms with Crippen molar-refractivity contribution in [3.63, 3.8) is 0 Å².